The Hall–Kier alpha value is -7.08. The summed E-state index contributed by atoms with van der Waals surface area (Å²) in [6, 6.07) is 53.6. The van der Waals surface area contributed by atoms with Crippen LogP contribution in [-0.4, -0.2) is 19.1 Å². The van der Waals surface area contributed by atoms with Crippen molar-refractivity contribution in [3.8, 4) is 34.0 Å². The number of hydrogen-bond donors (Lipinski definition) is 0. The smallest absolute Gasteiger partial charge is 0.235 e. The molecule has 0 unspecified atom stereocenters. The first-order valence-electron chi connectivity index (χ1n) is 20.6. The molecule has 13 rings (SSSR count). The molecule has 0 saturated carbocycles. The van der Waals surface area contributed by atoms with Crippen molar-refractivity contribution in [2.75, 3.05) is 0 Å². The summed E-state index contributed by atoms with van der Waals surface area (Å²) in [5, 5.41) is 11.1. The number of hydrogen-bond acceptors (Lipinski definition) is 3. The summed E-state index contributed by atoms with van der Waals surface area (Å²) >= 11 is 1.87. The minimum Gasteiger partial charge on any atom is -0.310 e. The highest BCUT2D eigenvalue weighted by Gasteiger charge is 2.21. The van der Waals surface area contributed by atoms with E-state index in [0.717, 1.165) is 64.2 Å². The minimum atomic E-state index is 0.696. The molecule has 4 nitrogen and oxygen atoms in total. The highest BCUT2D eigenvalue weighted by Crippen LogP contribution is 2.41. The molecule has 11 aromatic rings. The van der Waals surface area contributed by atoms with Gasteiger partial charge in [-0.05, 0) is 114 Å². The normalized spacial score (nSPS) is 13.7. The molecule has 0 radical (unpaired) electrons. The molecule has 4 heterocycles. The average Bonchev–Trinajstić information content (AvgIpc) is 3.96. The second-order valence-corrected chi connectivity index (χ2v) is 17.0. The summed E-state index contributed by atoms with van der Waals surface area (Å²) < 4.78 is 7.33. The molecule has 0 N–H and O–H groups in total. The van der Waals surface area contributed by atoms with Gasteiger partial charge in [-0.15, -0.1) is 11.3 Å². The summed E-state index contributed by atoms with van der Waals surface area (Å²) in [5.41, 5.74) is 11.8. The van der Waals surface area contributed by atoms with Gasteiger partial charge in [-0.3, -0.25) is 4.57 Å². The first-order chi connectivity index (χ1) is 29.2. The molecule has 59 heavy (non-hydrogen) atoms. The number of benzene rings is 7. The van der Waals surface area contributed by atoms with Crippen molar-refractivity contribution in [3.63, 3.8) is 0 Å². The average molecular weight is 773 g/mol. The summed E-state index contributed by atoms with van der Waals surface area (Å²) in [4.78, 5) is 10.8. The highest BCUT2D eigenvalue weighted by atomic mass is 32.1. The van der Waals surface area contributed by atoms with Crippen LogP contribution in [0.4, 0.5) is 0 Å². The van der Waals surface area contributed by atoms with Crippen LogP contribution in [0.25, 0.3) is 116 Å². The number of rotatable bonds is 4. The Labute approximate surface area is 344 Å². The third kappa shape index (κ3) is 4.95. The molecule has 0 aliphatic heterocycles. The van der Waals surface area contributed by atoms with Gasteiger partial charge in [0.05, 0.1) is 27.6 Å². The Morgan fingerprint density at radius 2 is 1.20 bits per heavy atom. The fourth-order valence-electron chi connectivity index (χ4n) is 9.93. The Morgan fingerprint density at radius 3 is 2.08 bits per heavy atom. The minimum absolute atomic E-state index is 0.696. The number of aryl methyl sites for hydroxylation is 1. The molecule has 2 aliphatic rings. The quantitative estimate of drug-likeness (QED) is 0.179. The molecule has 7 aromatic carbocycles. The van der Waals surface area contributed by atoms with Gasteiger partial charge < -0.3 is 4.57 Å². The summed E-state index contributed by atoms with van der Waals surface area (Å²) in [6.07, 6.45) is 13.3. The van der Waals surface area contributed by atoms with Crippen molar-refractivity contribution in [1.82, 2.24) is 19.1 Å². The van der Waals surface area contributed by atoms with Gasteiger partial charge in [0, 0.05) is 58.5 Å². The molecule has 2 aliphatic carbocycles. The van der Waals surface area contributed by atoms with Gasteiger partial charge >= 0.3 is 0 Å². The largest absolute Gasteiger partial charge is 0.310 e. The van der Waals surface area contributed by atoms with Crippen LogP contribution in [0.1, 0.15) is 30.5 Å². The van der Waals surface area contributed by atoms with Crippen LogP contribution in [0, 0.1) is 0 Å². The molecule has 5 heteroatoms. The number of allylic oxidation sites excluding steroid dienone is 1. The van der Waals surface area contributed by atoms with Crippen LogP contribution in [0.5, 0.6) is 0 Å². The van der Waals surface area contributed by atoms with Crippen molar-refractivity contribution >= 4 is 93.2 Å². The van der Waals surface area contributed by atoms with Crippen molar-refractivity contribution in [2.45, 2.75) is 25.7 Å². The molecule has 0 atom stereocenters. The topological polar surface area (TPSA) is 35.6 Å². The van der Waals surface area contributed by atoms with Crippen molar-refractivity contribution in [3.05, 3.63) is 173 Å². The Kier molecular flexibility index (Phi) is 7.10. The first kappa shape index (κ1) is 32.9. The van der Waals surface area contributed by atoms with Crippen LogP contribution in [0.2, 0.25) is 0 Å². The zero-order valence-electron chi connectivity index (χ0n) is 32.2. The Balaban J connectivity index is 0.960. The maximum Gasteiger partial charge on any atom is 0.235 e. The SMILES string of the molecule is C1=Cc2c(c3ccccc3n2-c2ccc(-c3nc(-n4c5ccccc5c5cc(-c6ccc7sc8ccc9ccccc9c8c7c6)ccc54)nc4c3=CCCC=4)cc2)CC1. The lowest BCUT2D eigenvalue weighted by molar-refractivity contribution is 0.948. The monoisotopic (exact) mass is 772 g/mol. The van der Waals surface area contributed by atoms with Crippen LogP contribution in [-0.2, 0) is 6.42 Å². The van der Waals surface area contributed by atoms with E-state index < -0.39 is 0 Å². The molecule has 0 fully saturated rings. The second kappa shape index (κ2) is 12.7. The van der Waals surface area contributed by atoms with Gasteiger partial charge in [-0.25, -0.2) is 9.97 Å². The van der Waals surface area contributed by atoms with Crippen molar-refractivity contribution in [2.24, 2.45) is 0 Å². The Morgan fingerprint density at radius 1 is 0.508 bits per heavy atom. The number of para-hydroxylation sites is 2. The van der Waals surface area contributed by atoms with Crippen LogP contribution in [0.15, 0.2) is 152 Å². The molecule has 0 bridgehead atoms. The van der Waals surface area contributed by atoms with Gasteiger partial charge in [-0.1, -0.05) is 109 Å². The van der Waals surface area contributed by atoms with Gasteiger partial charge in [0.1, 0.15) is 0 Å². The van der Waals surface area contributed by atoms with E-state index in [1.807, 2.05) is 11.3 Å². The third-order valence-electron chi connectivity index (χ3n) is 12.6. The van der Waals surface area contributed by atoms with Gasteiger partial charge in [0.2, 0.25) is 5.95 Å². The molecule has 4 aromatic heterocycles. The predicted molar refractivity (Wildman–Crippen MR) is 249 cm³/mol. The molecule has 278 valence electrons. The van der Waals surface area contributed by atoms with E-state index in [-0.39, 0.29) is 0 Å². The highest BCUT2D eigenvalue weighted by molar-refractivity contribution is 7.26. The van der Waals surface area contributed by atoms with E-state index in [4.69, 9.17) is 9.97 Å². The lowest BCUT2D eigenvalue weighted by Crippen LogP contribution is -2.34. The van der Waals surface area contributed by atoms with E-state index in [1.165, 1.54) is 75.0 Å². The predicted octanol–water partition coefficient (Wildman–Crippen LogP) is 12.7. The van der Waals surface area contributed by atoms with Crippen LogP contribution in [0.3, 0.4) is 0 Å². The number of thiophene rings is 1. The Bertz CT molecular complexity index is 3730. The molecular formula is C54H36N4S. The number of aromatic nitrogens is 4. The molecule has 0 spiro atoms. The van der Waals surface area contributed by atoms with Crippen LogP contribution >= 0.6 is 11.3 Å². The molecular weight excluding hydrogens is 737 g/mol. The third-order valence-corrected chi connectivity index (χ3v) is 13.8. The van der Waals surface area contributed by atoms with E-state index in [0.29, 0.717) is 5.95 Å². The second-order valence-electron chi connectivity index (χ2n) is 15.9. The van der Waals surface area contributed by atoms with Crippen molar-refractivity contribution < 1.29 is 0 Å². The van der Waals surface area contributed by atoms with Crippen LogP contribution < -0.4 is 10.6 Å². The lowest BCUT2D eigenvalue weighted by atomic mass is 9.99. The van der Waals surface area contributed by atoms with E-state index >= 15 is 0 Å². The molecule has 0 saturated heterocycles. The maximum absolute atomic E-state index is 5.46. The van der Waals surface area contributed by atoms with E-state index in [1.54, 1.807) is 0 Å². The summed E-state index contributed by atoms with van der Waals surface area (Å²) in [6.45, 7) is 0. The van der Waals surface area contributed by atoms with Gasteiger partial charge in [0.25, 0.3) is 0 Å². The summed E-state index contributed by atoms with van der Waals surface area (Å²) in [5.74, 6) is 0.696. The maximum atomic E-state index is 5.46. The van der Waals surface area contributed by atoms with E-state index in [9.17, 15) is 0 Å². The zero-order valence-corrected chi connectivity index (χ0v) is 33.0. The standard InChI is InChI=1S/C54H36N4S/c1-2-12-38-33(11-1)24-30-51-52(38)44-32-36(25-29-50(44)59-51)35-23-28-49-43(31-35)41-15-6-10-20-48(41)58(49)54-55-45-17-7-3-16-42(45)53(56-54)34-21-26-37(27-22-34)57-46-18-8-4-13-39(46)40-14-5-9-19-47(40)57/h1-2,4,6,8-13,15-32H,3,5,7,14H2. The van der Waals surface area contributed by atoms with Gasteiger partial charge in [0.15, 0.2) is 0 Å². The van der Waals surface area contributed by atoms with E-state index in [2.05, 4.69) is 179 Å². The first-order valence-corrected chi connectivity index (χ1v) is 21.4. The van der Waals surface area contributed by atoms with Crippen molar-refractivity contribution in [1.29, 1.82) is 0 Å². The van der Waals surface area contributed by atoms with Gasteiger partial charge in [-0.2, -0.15) is 0 Å². The lowest BCUT2D eigenvalue weighted by Gasteiger charge is -2.14. The molecule has 0 amide bonds. The number of nitrogens with zero attached hydrogens (tertiary/aromatic N) is 4. The fourth-order valence-corrected chi connectivity index (χ4v) is 11.0. The summed E-state index contributed by atoms with van der Waals surface area (Å²) in [7, 11) is 0. The number of fused-ring (bicyclic) bond motifs is 12. The fraction of sp³-hybridized carbons (Fsp3) is 0.0741. The zero-order chi connectivity index (χ0) is 38.6.